The Bertz CT molecular complexity index is 1570. The average molecular weight is 483 g/mol. The molecule has 2 N–H and O–H groups in total. The standard InChI is InChI=1S/C33H26N2O2/c1-23(36)34-27-13-15-28(16-14-27)35-29-17-18-30-24(22-29)12-19-32-31(30)20-21-33(37-32,25-8-4-2-5-9-25)26-10-6-3-7-11-26/h2-22,35H,1H3,(H,34,36). The summed E-state index contributed by atoms with van der Waals surface area (Å²) in [5.74, 6) is 0.776. The second-order valence-corrected chi connectivity index (χ2v) is 9.20. The Morgan fingerprint density at radius 3 is 1.97 bits per heavy atom. The van der Waals surface area contributed by atoms with Crippen molar-refractivity contribution in [2.24, 2.45) is 0 Å². The summed E-state index contributed by atoms with van der Waals surface area (Å²) in [6.45, 7) is 1.50. The molecule has 1 heterocycles. The molecule has 0 radical (unpaired) electrons. The molecule has 0 saturated heterocycles. The molecule has 37 heavy (non-hydrogen) atoms. The smallest absolute Gasteiger partial charge is 0.221 e. The van der Waals surface area contributed by atoms with Crippen LogP contribution in [0.1, 0.15) is 23.6 Å². The molecule has 180 valence electrons. The van der Waals surface area contributed by atoms with Crippen molar-refractivity contribution in [3.63, 3.8) is 0 Å². The molecule has 4 nitrogen and oxygen atoms in total. The van der Waals surface area contributed by atoms with Crippen molar-refractivity contribution in [1.82, 2.24) is 0 Å². The quantitative estimate of drug-likeness (QED) is 0.268. The lowest BCUT2D eigenvalue weighted by Crippen LogP contribution is -2.34. The van der Waals surface area contributed by atoms with Gasteiger partial charge in [-0.15, -0.1) is 0 Å². The third-order valence-electron chi connectivity index (χ3n) is 6.68. The molecule has 4 heteroatoms. The lowest BCUT2D eigenvalue weighted by molar-refractivity contribution is -0.114. The molecule has 0 bridgehead atoms. The van der Waals surface area contributed by atoms with Crippen LogP contribution in [0, 0.1) is 0 Å². The maximum Gasteiger partial charge on any atom is 0.221 e. The molecule has 0 saturated carbocycles. The molecule has 1 aliphatic heterocycles. The van der Waals surface area contributed by atoms with Crippen LogP contribution in [0.3, 0.4) is 0 Å². The highest BCUT2D eigenvalue weighted by atomic mass is 16.5. The fourth-order valence-corrected chi connectivity index (χ4v) is 4.94. The molecule has 0 atom stereocenters. The highest BCUT2D eigenvalue weighted by Gasteiger charge is 2.37. The molecule has 0 fully saturated rings. The van der Waals surface area contributed by atoms with Crippen LogP contribution in [0.4, 0.5) is 17.1 Å². The number of anilines is 3. The summed E-state index contributed by atoms with van der Waals surface area (Å²) in [6, 6.07) is 38.9. The van der Waals surface area contributed by atoms with Gasteiger partial charge in [0.25, 0.3) is 0 Å². The maximum absolute atomic E-state index is 11.3. The van der Waals surface area contributed by atoms with Gasteiger partial charge in [-0.25, -0.2) is 0 Å². The van der Waals surface area contributed by atoms with Gasteiger partial charge in [-0.1, -0.05) is 72.8 Å². The van der Waals surface area contributed by atoms with Crippen LogP contribution in [0.15, 0.2) is 121 Å². The van der Waals surface area contributed by atoms with E-state index in [1.165, 1.54) is 6.92 Å². The first kappa shape index (κ1) is 22.6. The van der Waals surface area contributed by atoms with Gasteiger partial charge in [0.1, 0.15) is 5.75 Å². The number of amides is 1. The first-order chi connectivity index (χ1) is 18.1. The van der Waals surface area contributed by atoms with Gasteiger partial charge >= 0.3 is 0 Å². The number of hydrogen-bond donors (Lipinski definition) is 2. The van der Waals surface area contributed by atoms with Gasteiger partial charge < -0.3 is 15.4 Å². The number of rotatable bonds is 5. The van der Waals surface area contributed by atoms with E-state index in [0.717, 1.165) is 50.3 Å². The van der Waals surface area contributed by atoms with Crippen LogP contribution in [0.5, 0.6) is 5.75 Å². The Morgan fingerprint density at radius 2 is 1.32 bits per heavy atom. The van der Waals surface area contributed by atoms with Crippen LogP contribution in [0.2, 0.25) is 0 Å². The van der Waals surface area contributed by atoms with E-state index in [-0.39, 0.29) is 5.91 Å². The number of hydrogen-bond acceptors (Lipinski definition) is 3. The van der Waals surface area contributed by atoms with Crippen LogP contribution in [-0.2, 0) is 10.4 Å². The van der Waals surface area contributed by atoms with Crippen molar-refractivity contribution in [3.8, 4) is 5.75 Å². The lowest BCUT2D eigenvalue weighted by Gasteiger charge is -2.36. The van der Waals surface area contributed by atoms with Gasteiger partial charge in [-0.05, 0) is 65.4 Å². The van der Waals surface area contributed by atoms with E-state index < -0.39 is 5.60 Å². The molecule has 5 aromatic rings. The normalized spacial score (nSPS) is 13.4. The van der Waals surface area contributed by atoms with E-state index in [1.54, 1.807) is 0 Å². The molecule has 0 unspecified atom stereocenters. The van der Waals surface area contributed by atoms with E-state index in [9.17, 15) is 4.79 Å². The fourth-order valence-electron chi connectivity index (χ4n) is 4.94. The minimum atomic E-state index is -0.686. The van der Waals surface area contributed by atoms with Gasteiger partial charge in [-0.2, -0.15) is 0 Å². The van der Waals surface area contributed by atoms with Crippen molar-refractivity contribution in [2.75, 3.05) is 10.6 Å². The van der Waals surface area contributed by atoms with Gasteiger partial charge in [0, 0.05) is 40.7 Å². The van der Waals surface area contributed by atoms with Crippen LogP contribution in [-0.4, -0.2) is 5.91 Å². The largest absolute Gasteiger partial charge is 0.473 e. The number of fused-ring (bicyclic) bond motifs is 3. The summed E-state index contributed by atoms with van der Waals surface area (Å²) in [4.78, 5) is 11.3. The summed E-state index contributed by atoms with van der Waals surface area (Å²) < 4.78 is 6.83. The van der Waals surface area contributed by atoms with Gasteiger partial charge in [0.15, 0.2) is 5.60 Å². The molecule has 0 aromatic heterocycles. The van der Waals surface area contributed by atoms with Gasteiger partial charge in [0.2, 0.25) is 5.91 Å². The predicted molar refractivity (Wildman–Crippen MR) is 151 cm³/mol. The Hall–Kier alpha value is -4.83. The summed E-state index contributed by atoms with van der Waals surface area (Å²) in [7, 11) is 0. The fraction of sp³-hybridized carbons (Fsp3) is 0.0606. The van der Waals surface area contributed by atoms with Crippen molar-refractivity contribution in [1.29, 1.82) is 0 Å². The Labute approximate surface area is 216 Å². The number of carbonyl (C=O) groups is 1. The molecule has 5 aromatic carbocycles. The zero-order valence-corrected chi connectivity index (χ0v) is 20.4. The first-order valence-corrected chi connectivity index (χ1v) is 12.3. The molecule has 0 aliphatic carbocycles. The molecular formula is C33H26N2O2. The van der Waals surface area contributed by atoms with Crippen molar-refractivity contribution >= 4 is 39.8 Å². The molecular weight excluding hydrogens is 456 g/mol. The molecule has 0 spiro atoms. The van der Waals surface area contributed by atoms with E-state index in [2.05, 4.69) is 102 Å². The summed E-state index contributed by atoms with van der Waals surface area (Å²) >= 11 is 0. The predicted octanol–water partition coefficient (Wildman–Crippen LogP) is 7.89. The van der Waals surface area contributed by atoms with E-state index >= 15 is 0 Å². The number of carbonyl (C=O) groups excluding carboxylic acids is 1. The molecule has 1 amide bonds. The van der Waals surface area contributed by atoms with Gasteiger partial charge in [-0.3, -0.25) is 4.79 Å². The van der Waals surface area contributed by atoms with Crippen molar-refractivity contribution in [3.05, 3.63) is 138 Å². The topological polar surface area (TPSA) is 50.4 Å². The van der Waals surface area contributed by atoms with Crippen molar-refractivity contribution < 1.29 is 9.53 Å². The zero-order valence-electron chi connectivity index (χ0n) is 20.4. The number of nitrogens with one attached hydrogen (secondary N) is 2. The lowest BCUT2D eigenvalue weighted by atomic mass is 9.83. The SMILES string of the molecule is CC(=O)Nc1ccc(Nc2ccc3c4c(ccc3c2)OC(c2ccccc2)(c2ccccc2)C=C4)cc1. The van der Waals surface area contributed by atoms with Crippen LogP contribution < -0.4 is 15.4 Å². The zero-order chi connectivity index (χ0) is 25.2. The number of benzene rings is 5. The van der Waals surface area contributed by atoms with Crippen LogP contribution in [0.25, 0.3) is 16.8 Å². The van der Waals surface area contributed by atoms with E-state index in [0.29, 0.717) is 0 Å². The second kappa shape index (κ2) is 9.32. The summed E-state index contributed by atoms with van der Waals surface area (Å²) in [5.41, 5.74) is 5.28. The van der Waals surface area contributed by atoms with Gasteiger partial charge in [0.05, 0.1) is 0 Å². The second-order valence-electron chi connectivity index (χ2n) is 9.20. The Kier molecular flexibility index (Phi) is 5.70. The van der Waals surface area contributed by atoms with E-state index in [4.69, 9.17) is 4.74 Å². The Balaban J connectivity index is 1.33. The first-order valence-electron chi connectivity index (χ1n) is 12.3. The minimum Gasteiger partial charge on any atom is -0.473 e. The molecule has 1 aliphatic rings. The highest BCUT2D eigenvalue weighted by Crippen LogP contribution is 2.44. The third-order valence-corrected chi connectivity index (χ3v) is 6.68. The maximum atomic E-state index is 11.3. The number of ether oxygens (including phenoxy) is 1. The third kappa shape index (κ3) is 4.34. The van der Waals surface area contributed by atoms with Crippen LogP contribution >= 0.6 is 0 Å². The molecule has 6 rings (SSSR count). The Morgan fingerprint density at radius 1 is 0.703 bits per heavy atom. The van der Waals surface area contributed by atoms with Crippen molar-refractivity contribution in [2.45, 2.75) is 12.5 Å². The van der Waals surface area contributed by atoms with E-state index in [1.807, 2.05) is 36.4 Å². The summed E-state index contributed by atoms with van der Waals surface area (Å²) in [5, 5.41) is 8.50. The highest BCUT2D eigenvalue weighted by molar-refractivity contribution is 5.96. The monoisotopic (exact) mass is 482 g/mol. The average Bonchev–Trinajstić information content (AvgIpc) is 2.94. The minimum absolute atomic E-state index is 0.0821. The summed E-state index contributed by atoms with van der Waals surface area (Å²) in [6.07, 6.45) is 4.36.